The molecule has 1 spiro atoms. The van der Waals surface area contributed by atoms with E-state index in [-0.39, 0.29) is 0 Å². The highest BCUT2D eigenvalue weighted by Gasteiger charge is 2.73. The van der Waals surface area contributed by atoms with Gasteiger partial charge in [-0.3, -0.25) is 0 Å². The largest absolute Gasteiger partial charge is 0.715 e. The minimum Gasteiger partial charge on any atom is -0.333 e. The Balaban J connectivity index is 1.78. The molecule has 3 aliphatic rings. The summed E-state index contributed by atoms with van der Waals surface area (Å²) in [4.78, 5) is 0. The van der Waals surface area contributed by atoms with E-state index in [9.17, 15) is 0 Å². The van der Waals surface area contributed by atoms with Crippen LogP contribution in [0.5, 0.6) is 11.5 Å². The topological polar surface area (TPSA) is 24.5 Å². The van der Waals surface area contributed by atoms with Crippen molar-refractivity contribution in [3.05, 3.63) is 47.5 Å². The molecule has 0 atom stereocenters. The van der Waals surface area contributed by atoms with Crippen LogP contribution >= 0.6 is 0 Å². The smallest absolute Gasteiger partial charge is 0.333 e. The quantitative estimate of drug-likeness (QED) is 0.696. The summed E-state index contributed by atoms with van der Waals surface area (Å²) >= 11 is 0. The summed E-state index contributed by atoms with van der Waals surface area (Å²) < 4.78 is 16.9. The Morgan fingerprint density at radius 2 is 1.32 bits per heavy atom. The van der Waals surface area contributed by atoms with Gasteiger partial charge in [-0.25, -0.2) is 0 Å². The highest BCUT2D eigenvalue weighted by Crippen LogP contribution is 2.52. The molecular formula is C18H16N2O2+2. The highest BCUT2D eigenvalue weighted by molar-refractivity contribution is 5.78. The fourth-order valence-electron chi connectivity index (χ4n) is 3.51. The van der Waals surface area contributed by atoms with Crippen LogP contribution in [0.4, 0.5) is 11.4 Å². The molecule has 0 fully saturated rings. The fraction of sp³-hybridized carbons (Fsp3) is 0.222. The molecule has 3 aliphatic heterocycles. The van der Waals surface area contributed by atoms with Gasteiger partial charge < -0.3 is 9.47 Å². The van der Waals surface area contributed by atoms with E-state index in [2.05, 4.69) is 71.8 Å². The normalized spacial score (nSPS) is 19.0. The molecule has 0 unspecified atom stereocenters. The third-order valence-electron chi connectivity index (χ3n) is 4.56. The Hall–Kier alpha value is -2.62. The van der Waals surface area contributed by atoms with Crippen molar-refractivity contribution >= 4 is 23.8 Å². The minimum atomic E-state index is -0.943. The first-order chi connectivity index (χ1) is 10.7. The summed E-state index contributed by atoms with van der Waals surface area (Å²) in [7, 11) is 0. The molecule has 0 amide bonds. The number of rotatable bonds is 0. The molecule has 4 heteroatoms. The summed E-state index contributed by atoms with van der Waals surface area (Å²) in [6.45, 7) is 4.13. The third-order valence-corrected chi connectivity index (χ3v) is 4.56. The molecule has 5 rings (SSSR count). The average Bonchev–Trinajstić information content (AvgIpc) is 3.02. The predicted octanol–water partition coefficient (Wildman–Crippen LogP) is 3.23. The lowest BCUT2D eigenvalue weighted by Gasteiger charge is -2.13. The first-order valence-corrected chi connectivity index (χ1v) is 7.53. The van der Waals surface area contributed by atoms with Crippen molar-refractivity contribution < 1.29 is 18.6 Å². The van der Waals surface area contributed by atoms with Crippen molar-refractivity contribution in [2.75, 3.05) is 0 Å². The number of nitrogens with zero attached hydrogens (tertiary/aromatic N) is 2. The van der Waals surface area contributed by atoms with Crippen molar-refractivity contribution in [1.82, 2.24) is 0 Å². The van der Waals surface area contributed by atoms with Gasteiger partial charge >= 0.3 is 6.03 Å². The van der Waals surface area contributed by atoms with E-state index in [0.29, 0.717) is 0 Å². The van der Waals surface area contributed by atoms with Crippen LogP contribution in [0.1, 0.15) is 17.5 Å². The van der Waals surface area contributed by atoms with E-state index in [1.54, 1.807) is 0 Å². The van der Waals surface area contributed by atoms with Crippen molar-refractivity contribution in [3.63, 3.8) is 0 Å². The van der Waals surface area contributed by atoms with Crippen molar-refractivity contribution in [3.8, 4) is 11.5 Å². The van der Waals surface area contributed by atoms with E-state index in [0.717, 1.165) is 40.4 Å². The summed E-state index contributed by atoms with van der Waals surface area (Å²) in [5.41, 5.74) is 4.35. The molecule has 0 bridgehead atoms. The van der Waals surface area contributed by atoms with Crippen LogP contribution in [-0.4, -0.2) is 27.6 Å². The number of benzene rings is 2. The van der Waals surface area contributed by atoms with Gasteiger partial charge in [0, 0.05) is 12.1 Å². The summed E-state index contributed by atoms with van der Waals surface area (Å²) in [5, 5.41) is 0. The lowest BCUT2D eigenvalue weighted by molar-refractivity contribution is -0.834. The van der Waals surface area contributed by atoms with Gasteiger partial charge in [-0.2, -0.15) is 0 Å². The number of hydrogen-bond acceptors (Lipinski definition) is 2. The first kappa shape index (κ1) is 12.0. The van der Waals surface area contributed by atoms with Gasteiger partial charge in [0.05, 0.1) is 0 Å². The van der Waals surface area contributed by atoms with E-state index >= 15 is 0 Å². The second kappa shape index (κ2) is 3.77. The van der Waals surface area contributed by atoms with Crippen LogP contribution in [0.2, 0.25) is 0 Å². The van der Waals surface area contributed by atoms with Gasteiger partial charge in [0.1, 0.15) is 6.42 Å². The molecule has 0 saturated heterocycles. The SMILES string of the molecule is Cc1cccc2c1OC13Oc4c(C)cccc4[N+]1=CCC=[N+]23. The summed E-state index contributed by atoms with van der Waals surface area (Å²) in [6, 6.07) is 11.5. The van der Waals surface area contributed by atoms with Crippen LogP contribution in [0.15, 0.2) is 36.4 Å². The van der Waals surface area contributed by atoms with Crippen LogP contribution in [0.3, 0.4) is 0 Å². The molecule has 22 heavy (non-hydrogen) atoms. The Morgan fingerprint density at radius 3 is 1.82 bits per heavy atom. The molecule has 2 aromatic carbocycles. The Kier molecular flexibility index (Phi) is 2.05. The minimum absolute atomic E-state index is 0.842. The van der Waals surface area contributed by atoms with Crippen molar-refractivity contribution in [2.24, 2.45) is 0 Å². The van der Waals surface area contributed by atoms with Gasteiger partial charge in [0.2, 0.25) is 11.5 Å². The van der Waals surface area contributed by atoms with Crippen LogP contribution in [0, 0.1) is 13.8 Å². The molecular weight excluding hydrogens is 276 g/mol. The molecule has 3 heterocycles. The second-order valence-corrected chi connectivity index (χ2v) is 5.94. The van der Waals surface area contributed by atoms with Crippen LogP contribution in [0.25, 0.3) is 0 Å². The van der Waals surface area contributed by atoms with E-state index in [4.69, 9.17) is 9.47 Å². The lowest BCUT2D eigenvalue weighted by atomic mass is 10.2. The maximum absolute atomic E-state index is 6.36. The number of aryl methyl sites for hydroxylation is 2. The van der Waals surface area contributed by atoms with Gasteiger partial charge in [-0.1, -0.05) is 33.4 Å². The summed E-state index contributed by atoms with van der Waals surface area (Å²) in [6.07, 6.45) is 5.10. The fourth-order valence-corrected chi connectivity index (χ4v) is 3.51. The van der Waals surface area contributed by atoms with Crippen molar-refractivity contribution in [2.45, 2.75) is 26.3 Å². The van der Waals surface area contributed by atoms with E-state index < -0.39 is 6.03 Å². The third kappa shape index (κ3) is 1.24. The maximum atomic E-state index is 6.36. The van der Waals surface area contributed by atoms with E-state index in [1.807, 2.05) is 0 Å². The zero-order valence-electron chi connectivity index (χ0n) is 12.5. The standard InChI is InChI=1S/C18H16N2O2/c1-12-6-3-8-14-16(12)21-18-19(14)10-5-11-20(18)15-9-4-7-13(2)17(15)22-18/h3-4,6-11H,5H2,1-2H3/q+2. The molecule has 0 saturated carbocycles. The molecule has 0 radical (unpaired) electrons. The monoisotopic (exact) mass is 292 g/mol. The Labute approximate surface area is 128 Å². The number of ether oxygens (including phenoxy) is 2. The Bertz CT molecular complexity index is 822. The number of fused-ring (bicyclic) bond motifs is 4. The van der Waals surface area contributed by atoms with Crippen LogP contribution in [-0.2, 0) is 0 Å². The molecule has 2 aromatic rings. The molecule has 108 valence electrons. The second-order valence-electron chi connectivity index (χ2n) is 5.94. The van der Waals surface area contributed by atoms with E-state index in [1.165, 1.54) is 0 Å². The molecule has 4 nitrogen and oxygen atoms in total. The predicted molar refractivity (Wildman–Crippen MR) is 82.9 cm³/mol. The number of para-hydroxylation sites is 2. The maximum Gasteiger partial charge on any atom is 0.715 e. The molecule has 0 aromatic heterocycles. The molecule has 0 aliphatic carbocycles. The zero-order chi connectivity index (χ0) is 14.9. The van der Waals surface area contributed by atoms with Gasteiger partial charge in [-0.15, -0.1) is 0 Å². The molecule has 0 N–H and O–H groups in total. The van der Waals surface area contributed by atoms with Crippen molar-refractivity contribution in [1.29, 1.82) is 0 Å². The highest BCUT2D eigenvalue weighted by atomic mass is 16.8. The number of hydrogen-bond donors (Lipinski definition) is 0. The average molecular weight is 292 g/mol. The Morgan fingerprint density at radius 1 is 0.818 bits per heavy atom. The first-order valence-electron chi connectivity index (χ1n) is 7.53. The zero-order valence-corrected chi connectivity index (χ0v) is 12.5. The van der Waals surface area contributed by atoms with Gasteiger partial charge in [-0.05, 0) is 25.0 Å². The van der Waals surface area contributed by atoms with Gasteiger partial charge in [0.25, 0.3) is 11.4 Å². The lowest BCUT2D eigenvalue weighted by Crippen LogP contribution is -2.54. The summed E-state index contributed by atoms with van der Waals surface area (Å²) in [5.74, 6) is 1.79. The van der Waals surface area contributed by atoms with Gasteiger partial charge in [0.15, 0.2) is 12.4 Å². The van der Waals surface area contributed by atoms with Crippen LogP contribution < -0.4 is 9.47 Å².